The van der Waals surface area contributed by atoms with Gasteiger partial charge in [0.05, 0.1) is 0 Å². The average molecular weight is 309 g/mol. The fourth-order valence-corrected chi connectivity index (χ4v) is 3.19. The number of nitrogens with two attached hydrogens (primary N) is 1. The van der Waals surface area contributed by atoms with E-state index in [9.17, 15) is 8.42 Å². The predicted molar refractivity (Wildman–Crippen MR) is 80.2 cm³/mol. The van der Waals surface area contributed by atoms with Gasteiger partial charge < -0.3 is 4.74 Å². The third-order valence-corrected chi connectivity index (χ3v) is 4.42. The molecule has 0 fully saturated rings. The Balaban J connectivity index is 2.14. The summed E-state index contributed by atoms with van der Waals surface area (Å²) in [6, 6.07) is 16.1. The van der Waals surface area contributed by atoms with Crippen LogP contribution in [0.3, 0.4) is 0 Å². The van der Waals surface area contributed by atoms with Crippen LogP contribution in [0.15, 0.2) is 64.4 Å². The molecule has 0 heterocycles. The summed E-state index contributed by atoms with van der Waals surface area (Å²) in [5, 5.41) is 5.17. The molecule has 1 atom stereocenters. The van der Waals surface area contributed by atoms with E-state index in [2.05, 4.69) is 0 Å². The first-order chi connectivity index (χ1) is 9.47. The van der Waals surface area contributed by atoms with Crippen molar-refractivity contribution in [3.8, 4) is 5.75 Å². The molecule has 0 aliphatic carbocycles. The van der Waals surface area contributed by atoms with Crippen LogP contribution < -0.4 is 9.88 Å². The molecule has 20 heavy (non-hydrogen) atoms. The van der Waals surface area contributed by atoms with Crippen molar-refractivity contribution in [2.75, 3.05) is 0 Å². The van der Waals surface area contributed by atoms with Gasteiger partial charge in [0.2, 0.25) is 10.0 Å². The molecule has 2 N–H and O–H groups in total. The lowest BCUT2D eigenvalue weighted by molar-refractivity contribution is 0.299. The van der Waals surface area contributed by atoms with Crippen molar-refractivity contribution in [2.24, 2.45) is 5.14 Å². The van der Waals surface area contributed by atoms with Crippen LogP contribution in [0.5, 0.6) is 5.75 Å². The maximum Gasteiger partial charge on any atom is 0.241 e. The van der Waals surface area contributed by atoms with Crippen molar-refractivity contribution < 1.29 is 13.2 Å². The summed E-state index contributed by atoms with van der Waals surface area (Å²) in [5.74, 6) is 0.269. The highest BCUT2D eigenvalue weighted by molar-refractivity contribution is 7.99. The van der Waals surface area contributed by atoms with Gasteiger partial charge in [0.15, 0.2) is 0 Å². The van der Waals surface area contributed by atoms with Crippen molar-refractivity contribution in [1.82, 2.24) is 0 Å². The summed E-state index contributed by atoms with van der Waals surface area (Å²) in [6.07, 6.45) is 0. The molecule has 0 spiro atoms. The van der Waals surface area contributed by atoms with Crippen LogP contribution in [0.2, 0.25) is 0 Å². The molecule has 6 heteroatoms. The van der Waals surface area contributed by atoms with Gasteiger partial charge in [-0.25, -0.2) is 13.6 Å². The Morgan fingerprint density at radius 2 is 1.65 bits per heavy atom. The third-order valence-electron chi connectivity index (χ3n) is 2.49. The van der Waals surface area contributed by atoms with Gasteiger partial charge in [0, 0.05) is 4.90 Å². The lowest BCUT2D eigenvalue weighted by Crippen LogP contribution is -2.15. The quantitative estimate of drug-likeness (QED) is 0.681. The van der Waals surface area contributed by atoms with E-state index in [1.807, 2.05) is 37.3 Å². The number of rotatable bonds is 5. The van der Waals surface area contributed by atoms with Crippen LogP contribution in [0.4, 0.5) is 0 Å². The molecule has 1 unspecified atom stereocenters. The summed E-state index contributed by atoms with van der Waals surface area (Å²) >= 11 is 1.50. The number of primary sulfonamides is 1. The topological polar surface area (TPSA) is 69.4 Å². The average Bonchev–Trinajstić information content (AvgIpc) is 2.39. The molecule has 0 aliphatic heterocycles. The van der Waals surface area contributed by atoms with Crippen molar-refractivity contribution >= 4 is 21.8 Å². The fourth-order valence-electron chi connectivity index (χ4n) is 1.68. The van der Waals surface area contributed by atoms with E-state index in [1.165, 1.54) is 17.8 Å². The maximum absolute atomic E-state index is 11.5. The van der Waals surface area contributed by atoms with Gasteiger partial charge >= 0.3 is 0 Å². The predicted octanol–water partition coefficient (Wildman–Crippen LogP) is 2.85. The van der Waals surface area contributed by atoms with Crippen molar-refractivity contribution in [3.05, 3.63) is 54.6 Å². The zero-order valence-electron chi connectivity index (χ0n) is 10.9. The van der Waals surface area contributed by atoms with Gasteiger partial charge in [0.1, 0.15) is 16.1 Å². The SMILES string of the molecule is CC(Oc1ccccc1S(N)(=O)=O)Sc1ccccc1. The van der Waals surface area contributed by atoms with Crippen LogP contribution in [0.1, 0.15) is 6.92 Å². The number of sulfonamides is 1. The minimum Gasteiger partial charge on any atom is -0.478 e. The van der Waals surface area contributed by atoms with Gasteiger partial charge in [-0.2, -0.15) is 0 Å². The van der Waals surface area contributed by atoms with E-state index in [4.69, 9.17) is 9.88 Å². The normalized spacial score (nSPS) is 12.9. The van der Waals surface area contributed by atoms with E-state index < -0.39 is 10.0 Å². The lowest BCUT2D eigenvalue weighted by atomic mass is 10.3. The second-order valence-corrected chi connectivity index (χ2v) is 7.01. The van der Waals surface area contributed by atoms with Crippen LogP contribution in [0, 0.1) is 0 Å². The van der Waals surface area contributed by atoms with Crippen molar-refractivity contribution in [1.29, 1.82) is 0 Å². The molecule has 0 radical (unpaired) electrons. The third kappa shape index (κ3) is 4.00. The highest BCUT2D eigenvalue weighted by Crippen LogP contribution is 2.28. The Kier molecular flexibility index (Phi) is 4.69. The minimum absolute atomic E-state index is 0.000474. The minimum atomic E-state index is -3.79. The number of para-hydroxylation sites is 1. The largest absolute Gasteiger partial charge is 0.478 e. The first kappa shape index (κ1) is 14.9. The number of benzene rings is 2. The van der Waals surface area contributed by atoms with E-state index in [1.54, 1.807) is 18.2 Å². The molecule has 0 bridgehead atoms. The lowest BCUT2D eigenvalue weighted by Gasteiger charge is -2.16. The molecular weight excluding hydrogens is 294 g/mol. The van der Waals surface area contributed by atoms with E-state index in [-0.39, 0.29) is 16.1 Å². The molecule has 0 aliphatic rings. The molecule has 2 rings (SSSR count). The Morgan fingerprint density at radius 1 is 1.05 bits per heavy atom. The van der Waals surface area contributed by atoms with Crippen molar-refractivity contribution in [3.63, 3.8) is 0 Å². The molecule has 0 saturated carbocycles. The van der Waals surface area contributed by atoms with Crippen LogP contribution in [0.25, 0.3) is 0 Å². The van der Waals surface area contributed by atoms with Gasteiger partial charge in [-0.3, -0.25) is 0 Å². The Bertz CT molecular complexity index is 672. The Hall–Kier alpha value is -1.50. The van der Waals surface area contributed by atoms with Gasteiger partial charge in [-0.1, -0.05) is 42.1 Å². The van der Waals surface area contributed by atoms with E-state index in [0.29, 0.717) is 0 Å². The maximum atomic E-state index is 11.5. The Morgan fingerprint density at radius 3 is 2.30 bits per heavy atom. The van der Waals surface area contributed by atoms with Gasteiger partial charge in [-0.05, 0) is 31.2 Å². The van der Waals surface area contributed by atoms with Gasteiger partial charge in [0.25, 0.3) is 0 Å². The highest BCUT2D eigenvalue weighted by atomic mass is 32.2. The molecule has 0 saturated heterocycles. The molecule has 2 aromatic rings. The molecule has 106 valence electrons. The molecular formula is C14H15NO3S2. The van der Waals surface area contributed by atoms with Crippen LogP contribution >= 0.6 is 11.8 Å². The number of thioether (sulfide) groups is 1. The highest BCUT2D eigenvalue weighted by Gasteiger charge is 2.16. The first-order valence-corrected chi connectivity index (χ1v) is 8.39. The first-order valence-electron chi connectivity index (χ1n) is 5.97. The second kappa shape index (κ2) is 6.30. The standard InChI is InChI=1S/C14H15NO3S2/c1-11(19-12-7-3-2-4-8-12)18-13-9-5-6-10-14(13)20(15,16)17/h2-11H,1H3,(H2,15,16,17). The van der Waals surface area contributed by atoms with Crippen LogP contribution in [-0.2, 0) is 10.0 Å². The summed E-state index contributed by atoms with van der Waals surface area (Å²) in [6.45, 7) is 1.86. The summed E-state index contributed by atoms with van der Waals surface area (Å²) in [7, 11) is -3.79. The second-order valence-electron chi connectivity index (χ2n) is 4.11. The molecule has 0 aromatic heterocycles. The molecule has 4 nitrogen and oxygen atoms in total. The van der Waals surface area contributed by atoms with Crippen LogP contribution in [-0.4, -0.2) is 13.9 Å². The summed E-state index contributed by atoms with van der Waals surface area (Å²) in [4.78, 5) is 1.05. The smallest absolute Gasteiger partial charge is 0.241 e. The van der Waals surface area contributed by atoms with Gasteiger partial charge in [-0.15, -0.1) is 0 Å². The zero-order chi connectivity index (χ0) is 14.6. The van der Waals surface area contributed by atoms with Crippen molar-refractivity contribution in [2.45, 2.75) is 22.2 Å². The monoisotopic (exact) mass is 309 g/mol. The number of hydrogen-bond acceptors (Lipinski definition) is 4. The van der Waals surface area contributed by atoms with E-state index >= 15 is 0 Å². The number of hydrogen-bond donors (Lipinski definition) is 1. The summed E-state index contributed by atoms with van der Waals surface area (Å²) in [5.41, 5.74) is -0.236. The Labute approximate surface area is 123 Å². The molecule has 2 aromatic carbocycles. The summed E-state index contributed by atoms with van der Waals surface area (Å²) < 4.78 is 28.6. The number of ether oxygens (including phenoxy) is 1. The fraction of sp³-hybridized carbons (Fsp3) is 0.143. The van der Waals surface area contributed by atoms with E-state index in [0.717, 1.165) is 4.90 Å². The molecule has 0 amide bonds. The zero-order valence-corrected chi connectivity index (χ0v) is 12.5.